The fourth-order valence-electron chi connectivity index (χ4n) is 1.71. The zero-order valence-electron chi connectivity index (χ0n) is 9.92. The molecule has 0 aromatic heterocycles. The van der Waals surface area contributed by atoms with E-state index in [-0.39, 0.29) is 0 Å². The molecule has 0 saturated carbocycles. The van der Waals surface area contributed by atoms with Crippen molar-refractivity contribution >= 4 is 5.69 Å². The van der Waals surface area contributed by atoms with Crippen LogP contribution < -0.4 is 5.32 Å². The number of nitrogens with one attached hydrogen (secondary N) is 1. The molecule has 1 aromatic rings. The number of methoxy groups -OCH3 is 1. The molecule has 1 aromatic carbocycles. The Labute approximate surface area is 92.6 Å². The molecule has 0 spiro atoms. The van der Waals surface area contributed by atoms with Gasteiger partial charge < -0.3 is 10.1 Å². The quantitative estimate of drug-likeness (QED) is 0.771. The lowest BCUT2D eigenvalue weighted by Crippen LogP contribution is -2.14. The van der Waals surface area contributed by atoms with Gasteiger partial charge in [-0.2, -0.15) is 0 Å². The molecule has 0 heterocycles. The van der Waals surface area contributed by atoms with Crippen molar-refractivity contribution in [2.75, 3.05) is 12.4 Å². The van der Waals surface area contributed by atoms with E-state index in [1.54, 1.807) is 7.11 Å². The van der Waals surface area contributed by atoms with Crippen LogP contribution in [0.4, 0.5) is 5.69 Å². The van der Waals surface area contributed by atoms with Crippen molar-refractivity contribution in [2.45, 2.75) is 39.3 Å². The van der Waals surface area contributed by atoms with E-state index in [9.17, 15) is 0 Å². The normalized spacial score (nSPS) is 12.5. The molecule has 0 saturated heterocycles. The largest absolute Gasteiger partial charge is 0.383 e. The SMILES string of the molecule is CCCC(C)Nc1cccc(COC)c1. The summed E-state index contributed by atoms with van der Waals surface area (Å²) < 4.78 is 5.11. The Kier molecular flexibility index (Phi) is 5.19. The monoisotopic (exact) mass is 207 g/mol. The highest BCUT2D eigenvalue weighted by Crippen LogP contribution is 2.13. The van der Waals surface area contributed by atoms with Crippen LogP contribution in [0.3, 0.4) is 0 Å². The number of rotatable bonds is 6. The Morgan fingerprint density at radius 1 is 1.40 bits per heavy atom. The molecule has 2 heteroatoms. The van der Waals surface area contributed by atoms with Crippen molar-refractivity contribution in [2.24, 2.45) is 0 Å². The van der Waals surface area contributed by atoms with Gasteiger partial charge in [-0.15, -0.1) is 0 Å². The summed E-state index contributed by atoms with van der Waals surface area (Å²) in [5, 5.41) is 3.49. The van der Waals surface area contributed by atoms with Crippen molar-refractivity contribution in [1.29, 1.82) is 0 Å². The molecular formula is C13H21NO. The summed E-state index contributed by atoms with van der Waals surface area (Å²) in [6, 6.07) is 8.93. The Morgan fingerprint density at radius 2 is 2.20 bits per heavy atom. The molecule has 2 nitrogen and oxygen atoms in total. The molecule has 0 bridgehead atoms. The number of anilines is 1. The van der Waals surface area contributed by atoms with Gasteiger partial charge in [-0.1, -0.05) is 25.5 Å². The third-order valence-electron chi connectivity index (χ3n) is 2.37. The number of hydrogen-bond acceptors (Lipinski definition) is 2. The molecule has 1 unspecified atom stereocenters. The lowest BCUT2D eigenvalue weighted by atomic mass is 10.1. The van der Waals surface area contributed by atoms with E-state index >= 15 is 0 Å². The van der Waals surface area contributed by atoms with Gasteiger partial charge in [0.15, 0.2) is 0 Å². The first kappa shape index (κ1) is 12.1. The van der Waals surface area contributed by atoms with Crippen molar-refractivity contribution in [1.82, 2.24) is 0 Å². The molecule has 1 rings (SSSR count). The summed E-state index contributed by atoms with van der Waals surface area (Å²) >= 11 is 0. The fraction of sp³-hybridized carbons (Fsp3) is 0.538. The smallest absolute Gasteiger partial charge is 0.0713 e. The molecule has 84 valence electrons. The maximum absolute atomic E-state index is 5.11. The van der Waals surface area contributed by atoms with Crippen molar-refractivity contribution in [3.8, 4) is 0 Å². The molecule has 0 radical (unpaired) electrons. The highest BCUT2D eigenvalue weighted by molar-refractivity contribution is 5.46. The zero-order valence-corrected chi connectivity index (χ0v) is 9.92. The standard InChI is InChI=1S/C13H21NO/c1-4-6-11(2)14-13-8-5-7-12(9-13)10-15-3/h5,7-9,11,14H,4,6,10H2,1-3H3. The first-order chi connectivity index (χ1) is 7.26. The second-order valence-electron chi connectivity index (χ2n) is 3.97. The Morgan fingerprint density at radius 3 is 2.87 bits per heavy atom. The van der Waals surface area contributed by atoms with Gasteiger partial charge in [-0.25, -0.2) is 0 Å². The maximum Gasteiger partial charge on any atom is 0.0713 e. The summed E-state index contributed by atoms with van der Waals surface area (Å²) in [6.45, 7) is 5.10. The first-order valence-corrected chi connectivity index (χ1v) is 5.60. The van der Waals surface area contributed by atoms with E-state index in [0.717, 1.165) is 0 Å². The predicted octanol–water partition coefficient (Wildman–Crippen LogP) is 3.43. The summed E-state index contributed by atoms with van der Waals surface area (Å²) in [5.41, 5.74) is 2.40. The van der Waals surface area contributed by atoms with Crippen molar-refractivity contribution in [3.05, 3.63) is 29.8 Å². The van der Waals surface area contributed by atoms with Crippen LogP contribution in [0.2, 0.25) is 0 Å². The average molecular weight is 207 g/mol. The van der Waals surface area contributed by atoms with E-state index in [0.29, 0.717) is 12.6 Å². The lowest BCUT2D eigenvalue weighted by Gasteiger charge is -2.14. The van der Waals surface area contributed by atoms with Crippen molar-refractivity contribution in [3.63, 3.8) is 0 Å². The Bertz CT molecular complexity index is 286. The van der Waals surface area contributed by atoms with Gasteiger partial charge in [0.05, 0.1) is 6.61 Å². The number of benzene rings is 1. The van der Waals surface area contributed by atoms with Gasteiger partial charge in [-0.3, -0.25) is 0 Å². The van der Waals surface area contributed by atoms with Crippen LogP contribution in [0.1, 0.15) is 32.3 Å². The molecule has 0 fully saturated rings. The molecule has 0 aliphatic rings. The van der Waals surface area contributed by atoms with Crippen LogP contribution in [-0.4, -0.2) is 13.2 Å². The average Bonchev–Trinajstić information content (AvgIpc) is 2.19. The summed E-state index contributed by atoms with van der Waals surface area (Å²) in [7, 11) is 1.72. The second-order valence-corrected chi connectivity index (χ2v) is 3.97. The Hall–Kier alpha value is -1.02. The van der Waals surface area contributed by atoms with Gasteiger partial charge >= 0.3 is 0 Å². The van der Waals surface area contributed by atoms with E-state index in [2.05, 4.69) is 43.4 Å². The third-order valence-corrected chi connectivity index (χ3v) is 2.37. The molecule has 0 amide bonds. The third kappa shape index (κ3) is 4.34. The van der Waals surface area contributed by atoms with Crippen LogP contribution in [-0.2, 0) is 11.3 Å². The minimum atomic E-state index is 0.535. The molecule has 1 atom stereocenters. The van der Waals surface area contributed by atoms with Crippen LogP contribution in [0.25, 0.3) is 0 Å². The molecular weight excluding hydrogens is 186 g/mol. The zero-order chi connectivity index (χ0) is 11.1. The second kappa shape index (κ2) is 6.46. The molecule has 15 heavy (non-hydrogen) atoms. The van der Waals surface area contributed by atoms with Crippen LogP contribution >= 0.6 is 0 Å². The molecule has 1 N–H and O–H groups in total. The van der Waals surface area contributed by atoms with Crippen LogP contribution in [0, 0.1) is 0 Å². The summed E-state index contributed by atoms with van der Waals surface area (Å²) in [5.74, 6) is 0. The minimum Gasteiger partial charge on any atom is -0.383 e. The fourth-order valence-corrected chi connectivity index (χ4v) is 1.71. The Balaban J connectivity index is 2.56. The van der Waals surface area contributed by atoms with Gasteiger partial charge in [0, 0.05) is 18.8 Å². The predicted molar refractivity (Wildman–Crippen MR) is 65.1 cm³/mol. The molecule has 0 aliphatic heterocycles. The highest BCUT2D eigenvalue weighted by Gasteiger charge is 2.00. The van der Waals surface area contributed by atoms with Gasteiger partial charge in [-0.05, 0) is 31.0 Å². The van der Waals surface area contributed by atoms with Crippen LogP contribution in [0.15, 0.2) is 24.3 Å². The van der Waals surface area contributed by atoms with E-state index in [4.69, 9.17) is 4.74 Å². The lowest BCUT2D eigenvalue weighted by molar-refractivity contribution is 0.185. The molecule has 0 aliphatic carbocycles. The van der Waals surface area contributed by atoms with E-state index in [1.165, 1.54) is 24.1 Å². The van der Waals surface area contributed by atoms with E-state index in [1.807, 2.05) is 0 Å². The van der Waals surface area contributed by atoms with Gasteiger partial charge in [0.25, 0.3) is 0 Å². The van der Waals surface area contributed by atoms with Gasteiger partial charge in [0.2, 0.25) is 0 Å². The summed E-state index contributed by atoms with van der Waals surface area (Å²) in [4.78, 5) is 0. The number of hydrogen-bond donors (Lipinski definition) is 1. The number of ether oxygens (including phenoxy) is 1. The van der Waals surface area contributed by atoms with Gasteiger partial charge in [0.1, 0.15) is 0 Å². The minimum absolute atomic E-state index is 0.535. The van der Waals surface area contributed by atoms with Crippen molar-refractivity contribution < 1.29 is 4.74 Å². The highest BCUT2D eigenvalue weighted by atomic mass is 16.5. The maximum atomic E-state index is 5.11. The van der Waals surface area contributed by atoms with Crippen LogP contribution in [0.5, 0.6) is 0 Å². The first-order valence-electron chi connectivity index (χ1n) is 5.60. The van der Waals surface area contributed by atoms with E-state index < -0.39 is 0 Å². The topological polar surface area (TPSA) is 21.3 Å². The summed E-state index contributed by atoms with van der Waals surface area (Å²) in [6.07, 6.45) is 2.42.